The Morgan fingerprint density at radius 2 is 2.21 bits per heavy atom. The highest BCUT2D eigenvalue weighted by atomic mass is 15.3. The molecule has 0 aromatic carbocycles. The molecule has 1 N–H and O–H groups in total. The fourth-order valence-corrected chi connectivity index (χ4v) is 2.35. The van der Waals surface area contributed by atoms with E-state index in [1.165, 1.54) is 0 Å². The molecular formula is C12H19N7. The van der Waals surface area contributed by atoms with Crippen LogP contribution in [0.15, 0.2) is 18.7 Å². The van der Waals surface area contributed by atoms with Crippen LogP contribution in [0.25, 0.3) is 5.65 Å². The van der Waals surface area contributed by atoms with Crippen LogP contribution >= 0.6 is 0 Å². The number of hydrogen-bond acceptors (Lipinski definition) is 6. The number of fused-ring (bicyclic) bond motifs is 1. The highest BCUT2D eigenvalue weighted by Gasteiger charge is 2.13. The zero-order valence-corrected chi connectivity index (χ0v) is 11.2. The molecule has 0 atom stereocenters. The Kier molecular flexibility index (Phi) is 3.56. The number of anilines is 1. The molecule has 0 amide bonds. The molecule has 2 aromatic rings. The van der Waals surface area contributed by atoms with Gasteiger partial charge in [0, 0.05) is 58.7 Å². The molecule has 0 saturated carbocycles. The summed E-state index contributed by atoms with van der Waals surface area (Å²) in [5, 5.41) is 11.4. The van der Waals surface area contributed by atoms with Gasteiger partial charge in [-0.15, -0.1) is 10.2 Å². The first kappa shape index (κ1) is 12.3. The van der Waals surface area contributed by atoms with Crippen molar-refractivity contribution in [2.24, 2.45) is 0 Å². The molecule has 3 heterocycles. The minimum atomic E-state index is 0.810. The number of likely N-dealkylation sites (N-methyl/N-ethyl adjacent to an activating group) is 1. The summed E-state index contributed by atoms with van der Waals surface area (Å²) >= 11 is 0. The normalized spacial score (nSPS) is 16.9. The molecule has 7 nitrogen and oxygen atoms in total. The summed E-state index contributed by atoms with van der Waals surface area (Å²) in [4.78, 5) is 9.03. The average Bonchev–Trinajstić information content (AvgIpc) is 2.94. The largest absolute Gasteiger partial charge is 0.355 e. The molecule has 0 radical (unpaired) electrons. The summed E-state index contributed by atoms with van der Waals surface area (Å²) in [5.74, 6) is 0.884. The molecule has 1 saturated heterocycles. The minimum absolute atomic E-state index is 0.810. The molecule has 7 heteroatoms. The molecular weight excluding hydrogens is 242 g/mol. The summed E-state index contributed by atoms with van der Waals surface area (Å²) < 4.78 is 1.89. The van der Waals surface area contributed by atoms with Gasteiger partial charge < -0.3 is 10.2 Å². The third kappa shape index (κ3) is 2.66. The van der Waals surface area contributed by atoms with Crippen molar-refractivity contribution in [3.63, 3.8) is 0 Å². The topological polar surface area (TPSA) is 61.6 Å². The zero-order valence-electron chi connectivity index (χ0n) is 11.2. The summed E-state index contributed by atoms with van der Waals surface area (Å²) in [5.41, 5.74) is 0.810. The van der Waals surface area contributed by atoms with Crippen LogP contribution in [0, 0.1) is 0 Å². The van der Waals surface area contributed by atoms with Gasteiger partial charge >= 0.3 is 0 Å². The molecule has 2 aromatic heterocycles. The van der Waals surface area contributed by atoms with Crippen molar-refractivity contribution in [3.8, 4) is 0 Å². The van der Waals surface area contributed by atoms with Gasteiger partial charge in [-0.2, -0.15) is 0 Å². The van der Waals surface area contributed by atoms with E-state index in [0.29, 0.717) is 0 Å². The molecule has 0 unspecified atom stereocenters. The van der Waals surface area contributed by atoms with E-state index in [4.69, 9.17) is 0 Å². The number of hydrogen-bond donors (Lipinski definition) is 1. The van der Waals surface area contributed by atoms with E-state index >= 15 is 0 Å². The molecule has 1 aliphatic heterocycles. The summed E-state index contributed by atoms with van der Waals surface area (Å²) in [6, 6.07) is 0. The smallest absolute Gasteiger partial charge is 0.203 e. The van der Waals surface area contributed by atoms with Crippen LogP contribution in [0.5, 0.6) is 0 Å². The SMILES string of the molecule is CN(CCN1CCNCC1)c1nccn2cnnc12. The van der Waals surface area contributed by atoms with Crippen molar-refractivity contribution in [3.05, 3.63) is 18.7 Å². The Bertz CT molecular complexity index is 532. The molecule has 102 valence electrons. The van der Waals surface area contributed by atoms with E-state index in [0.717, 1.165) is 50.7 Å². The average molecular weight is 261 g/mol. The molecule has 1 fully saturated rings. The molecule has 1 aliphatic rings. The van der Waals surface area contributed by atoms with Gasteiger partial charge in [0.05, 0.1) is 0 Å². The second kappa shape index (κ2) is 5.50. The number of nitrogens with zero attached hydrogens (tertiary/aromatic N) is 6. The van der Waals surface area contributed by atoms with E-state index in [2.05, 4.69) is 37.3 Å². The first-order valence-corrected chi connectivity index (χ1v) is 6.63. The summed E-state index contributed by atoms with van der Waals surface area (Å²) in [7, 11) is 2.05. The van der Waals surface area contributed by atoms with Crippen LogP contribution in [0.3, 0.4) is 0 Å². The van der Waals surface area contributed by atoms with Crippen molar-refractivity contribution in [1.29, 1.82) is 0 Å². The Labute approximate surface area is 112 Å². The highest BCUT2D eigenvalue weighted by molar-refractivity contribution is 5.62. The van der Waals surface area contributed by atoms with E-state index in [9.17, 15) is 0 Å². The summed E-state index contributed by atoms with van der Waals surface area (Å²) in [6.45, 7) is 6.41. The van der Waals surface area contributed by atoms with Crippen molar-refractivity contribution in [2.45, 2.75) is 0 Å². The van der Waals surface area contributed by atoms with Gasteiger partial charge in [-0.05, 0) is 0 Å². The number of aromatic nitrogens is 4. The third-order valence-corrected chi connectivity index (χ3v) is 3.52. The first-order chi connectivity index (χ1) is 9.34. The number of nitrogens with one attached hydrogen (secondary N) is 1. The Morgan fingerprint density at radius 1 is 1.37 bits per heavy atom. The predicted octanol–water partition coefficient (Wildman–Crippen LogP) is -0.534. The van der Waals surface area contributed by atoms with Crippen LogP contribution in [0.4, 0.5) is 5.82 Å². The lowest BCUT2D eigenvalue weighted by Gasteiger charge is -2.29. The van der Waals surface area contributed by atoms with Crippen molar-refractivity contribution < 1.29 is 0 Å². The van der Waals surface area contributed by atoms with Gasteiger partial charge in [-0.1, -0.05) is 0 Å². The fourth-order valence-electron chi connectivity index (χ4n) is 2.35. The second-order valence-electron chi connectivity index (χ2n) is 4.83. The van der Waals surface area contributed by atoms with Gasteiger partial charge in [-0.25, -0.2) is 4.98 Å². The lowest BCUT2D eigenvalue weighted by molar-refractivity contribution is 0.246. The molecule has 19 heavy (non-hydrogen) atoms. The van der Waals surface area contributed by atoms with Crippen molar-refractivity contribution >= 4 is 11.5 Å². The summed E-state index contributed by atoms with van der Waals surface area (Å²) in [6.07, 6.45) is 5.35. The maximum absolute atomic E-state index is 4.41. The number of rotatable bonds is 4. The fraction of sp³-hybridized carbons (Fsp3) is 0.583. The van der Waals surface area contributed by atoms with Gasteiger partial charge in [-0.3, -0.25) is 9.30 Å². The molecule has 0 aliphatic carbocycles. The lowest BCUT2D eigenvalue weighted by atomic mass is 10.3. The van der Waals surface area contributed by atoms with E-state index < -0.39 is 0 Å². The standard InChI is InChI=1S/C12H19N7/c1-17(8-9-18-5-2-13-3-6-18)11-12-16-15-10-19(12)7-4-14-11/h4,7,10,13H,2-3,5-6,8-9H2,1H3. The Balaban J connectivity index is 1.66. The monoisotopic (exact) mass is 261 g/mol. The molecule has 0 spiro atoms. The van der Waals surface area contributed by atoms with E-state index in [1.54, 1.807) is 12.5 Å². The lowest BCUT2D eigenvalue weighted by Crippen LogP contribution is -2.46. The molecule has 0 bridgehead atoms. The van der Waals surface area contributed by atoms with Crippen LogP contribution in [0.1, 0.15) is 0 Å². The predicted molar refractivity (Wildman–Crippen MR) is 73.4 cm³/mol. The van der Waals surface area contributed by atoms with Crippen LogP contribution in [-0.2, 0) is 0 Å². The maximum atomic E-state index is 4.41. The van der Waals surface area contributed by atoms with E-state index in [1.807, 2.05) is 10.6 Å². The Morgan fingerprint density at radius 3 is 3.05 bits per heavy atom. The van der Waals surface area contributed by atoms with Crippen LogP contribution in [0.2, 0.25) is 0 Å². The van der Waals surface area contributed by atoms with E-state index in [-0.39, 0.29) is 0 Å². The molecule has 3 rings (SSSR count). The van der Waals surface area contributed by atoms with Crippen molar-refractivity contribution in [1.82, 2.24) is 29.8 Å². The first-order valence-electron chi connectivity index (χ1n) is 6.63. The Hall–Kier alpha value is -1.73. The van der Waals surface area contributed by atoms with Gasteiger partial charge in [0.25, 0.3) is 0 Å². The van der Waals surface area contributed by atoms with Gasteiger partial charge in [0.1, 0.15) is 6.33 Å². The zero-order chi connectivity index (χ0) is 13.1. The van der Waals surface area contributed by atoms with Gasteiger partial charge in [0.15, 0.2) is 5.82 Å². The highest BCUT2D eigenvalue weighted by Crippen LogP contribution is 2.14. The quantitative estimate of drug-likeness (QED) is 0.798. The second-order valence-corrected chi connectivity index (χ2v) is 4.83. The maximum Gasteiger partial charge on any atom is 0.203 e. The van der Waals surface area contributed by atoms with Crippen molar-refractivity contribution in [2.75, 3.05) is 51.2 Å². The minimum Gasteiger partial charge on any atom is -0.355 e. The third-order valence-electron chi connectivity index (χ3n) is 3.52. The van der Waals surface area contributed by atoms with Gasteiger partial charge in [0.2, 0.25) is 5.65 Å². The number of piperazine rings is 1. The van der Waals surface area contributed by atoms with Crippen LogP contribution < -0.4 is 10.2 Å². The van der Waals surface area contributed by atoms with Crippen LogP contribution in [-0.4, -0.2) is 70.8 Å².